The van der Waals surface area contributed by atoms with Gasteiger partial charge in [0.2, 0.25) is 0 Å². The van der Waals surface area contributed by atoms with Crippen molar-refractivity contribution in [3.63, 3.8) is 0 Å². The lowest BCUT2D eigenvalue weighted by Crippen LogP contribution is -2.27. The average molecular weight is 277 g/mol. The molecule has 18 heavy (non-hydrogen) atoms. The Morgan fingerprint density at radius 2 is 1.11 bits per heavy atom. The second kappa shape index (κ2) is 11.2. The third-order valence-electron chi connectivity index (χ3n) is 3.34. The highest BCUT2D eigenvalue weighted by atomic mass is 31.2. The molecular weight excluding hydrogens is 243 g/mol. The summed E-state index contributed by atoms with van der Waals surface area (Å²) < 4.78 is 11.6. The van der Waals surface area contributed by atoms with E-state index in [0.717, 1.165) is 13.2 Å². The molecule has 0 rings (SSSR count). The van der Waals surface area contributed by atoms with Crippen LogP contribution in [0.1, 0.15) is 53.9 Å². The van der Waals surface area contributed by atoms with Crippen LogP contribution in [0.5, 0.6) is 0 Å². The summed E-state index contributed by atoms with van der Waals surface area (Å²) in [6, 6.07) is 0. The lowest BCUT2D eigenvalue weighted by Gasteiger charge is -2.30. The van der Waals surface area contributed by atoms with Gasteiger partial charge in [-0.05, 0) is 33.1 Å². The van der Waals surface area contributed by atoms with Gasteiger partial charge in [-0.3, -0.25) is 0 Å². The first kappa shape index (κ1) is 18.4. The van der Waals surface area contributed by atoms with Gasteiger partial charge in [-0.1, -0.05) is 20.8 Å². The van der Waals surface area contributed by atoms with E-state index in [1.54, 1.807) is 0 Å². The molecule has 0 spiro atoms. The van der Waals surface area contributed by atoms with Gasteiger partial charge in [-0.25, -0.2) is 0 Å². The highest BCUT2D eigenvalue weighted by Crippen LogP contribution is 2.60. The molecular formula is C15H34O2P+. The van der Waals surface area contributed by atoms with E-state index < -0.39 is 7.26 Å². The second-order valence-electron chi connectivity index (χ2n) is 5.04. The molecule has 0 radical (unpaired) electrons. The van der Waals surface area contributed by atoms with Gasteiger partial charge in [-0.2, -0.15) is 0 Å². The molecule has 0 aliphatic heterocycles. The maximum atomic E-state index is 5.78. The number of hydrogen-bond donors (Lipinski definition) is 0. The summed E-state index contributed by atoms with van der Waals surface area (Å²) in [7, 11) is -0.862. The van der Waals surface area contributed by atoms with Gasteiger partial charge in [0.05, 0.1) is 18.5 Å². The van der Waals surface area contributed by atoms with Crippen molar-refractivity contribution >= 4 is 7.26 Å². The molecule has 0 aromatic carbocycles. The zero-order valence-electron chi connectivity index (χ0n) is 13.2. The van der Waals surface area contributed by atoms with Crippen LogP contribution >= 0.6 is 7.26 Å². The van der Waals surface area contributed by atoms with Crippen molar-refractivity contribution in [1.82, 2.24) is 0 Å². The Hall–Kier alpha value is 0.350. The van der Waals surface area contributed by atoms with Crippen LogP contribution in [0.2, 0.25) is 0 Å². The van der Waals surface area contributed by atoms with Crippen molar-refractivity contribution in [3.05, 3.63) is 0 Å². The summed E-state index contributed by atoms with van der Waals surface area (Å²) in [4.78, 5) is 0. The van der Waals surface area contributed by atoms with Gasteiger partial charge in [0.1, 0.15) is 6.16 Å². The van der Waals surface area contributed by atoms with Crippen molar-refractivity contribution in [3.8, 4) is 0 Å². The smallest absolute Gasteiger partial charge is 0.191 e. The van der Waals surface area contributed by atoms with E-state index in [2.05, 4.69) is 34.6 Å². The average Bonchev–Trinajstić information content (AvgIpc) is 2.30. The van der Waals surface area contributed by atoms with E-state index >= 15 is 0 Å². The number of ether oxygens (including phenoxy) is 2. The minimum atomic E-state index is -0.862. The SMILES string of the molecule is CCC[P+](CCC)(CCC)CC(OCC)OCC. The second-order valence-corrected chi connectivity index (χ2v) is 9.43. The molecule has 0 aromatic rings. The standard InChI is InChI=1S/C15H34O2P/c1-6-11-18(12-7-2,13-8-3)14-15(16-9-4)17-10-5/h15H,6-14H2,1-5H3/q+1. The summed E-state index contributed by atoms with van der Waals surface area (Å²) in [6.45, 7) is 12.6. The first-order chi connectivity index (χ1) is 8.67. The maximum Gasteiger partial charge on any atom is 0.191 e. The lowest BCUT2D eigenvalue weighted by atomic mass is 10.6. The summed E-state index contributed by atoms with van der Waals surface area (Å²) in [5.41, 5.74) is 0. The van der Waals surface area contributed by atoms with E-state index in [0.29, 0.717) is 0 Å². The molecule has 0 N–H and O–H groups in total. The number of rotatable bonds is 12. The highest BCUT2D eigenvalue weighted by Gasteiger charge is 2.37. The van der Waals surface area contributed by atoms with Crippen LogP contribution < -0.4 is 0 Å². The Morgan fingerprint density at radius 1 is 0.722 bits per heavy atom. The predicted octanol–water partition coefficient (Wildman–Crippen LogP) is 4.63. The van der Waals surface area contributed by atoms with E-state index in [-0.39, 0.29) is 6.29 Å². The Balaban J connectivity index is 4.66. The van der Waals surface area contributed by atoms with Gasteiger partial charge in [0, 0.05) is 20.5 Å². The van der Waals surface area contributed by atoms with Crippen LogP contribution in [0.4, 0.5) is 0 Å². The fourth-order valence-electron chi connectivity index (χ4n) is 2.87. The van der Waals surface area contributed by atoms with Crippen LogP contribution in [-0.4, -0.2) is 44.2 Å². The van der Waals surface area contributed by atoms with Gasteiger partial charge < -0.3 is 9.47 Å². The summed E-state index contributed by atoms with van der Waals surface area (Å²) in [6.07, 6.45) is 9.35. The summed E-state index contributed by atoms with van der Waals surface area (Å²) in [5.74, 6) is 0. The molecule has 0 fully saturated rings. The van der Waals surface area contributed by atoms with Crippen LogP contribution in [0.3, 0.4) is 0 Å². The molecule has 2 nitrogen and oxygen atoms in total. The Bertz CT molecular complexity index is 162. The van der Waals surface area contributed by atoms with Crippen molar-refractivity contribution in [2.75, 3.05) is 37.9 Å². The normalized spacial score (nSPS) is 12.3. The number of hydrogen-bond acceptors (Lipinski definition) is 2. The fraction of sp³-hybridized carbons (Fsp3) is 1.00. The molecule has 0 saturated heterocycles. The highest BCUT2D eigenvalue weighted by molar-refractivity contribution is 7.75. The molecule has 0 aliphatic carbocycles. The molecule has 0 atom stereocenters. The minimum absolute atomic E-state index is 0.0398. The summed E-state index contributed by atoms with van der Waals surface area (Å²) in [5, 5.41) is 0. The first-order valence-corrected chi connectivity index (χ1v) is 10.3. The molecule has 0 unspecified atom stereocenters. The third-order valence-corrected chi connectivity index (χ3v) is 8.60. The van der Waals surface area contributed by atoms with Crippen molar-refractivity contribution in [2.24, 2.45) is 0 Å². The van der Waals surface area contributed by atoms with Crippen molar-refractivity contribution in [2.45, 2.75) is 60.2 Å². The zero-order chi connectivity index (χ0) is 13.9. The fourth-order valence-corrected chi connectivity index (χ4v) is 7.78. The third kappa shape index (κ3) is 7.07. The van der Waals surface area contributed by atoms with Crippen LogP contribution in [0.25, 0.3) is 0 Å². The molecule has 0 amide bonds. The quantitative estimate of drug-likeness (QED) is 0.382. The topological polar surface area (TPSA) is 18.5 Å². The summed E-state index contributed by atoms with van der Waals surface area (Å²) >= 11 is 0. The molecule has 0 saturated carbocycles. The maximum absolute atomic E-state index is 5.78. The first-order valence-electron chi connectivity index (χ1n) is 7.76. The van der Waals surface area contributed by atoms with Gasteiger partial charge >= 0.3 is 0 Å². The van der Waals surface area contributed by atoms with E-state index in [1.165, 1.54) is 43.9 Å². The largest absolute Gasteiger partial charge is 0.349 e. The molecule has 0 heterocycles. The Morgan fingerprint density at radius 3 is 1.39 bits per heavy atom. The van der Waals surface area contributed by atoms with Gasteiger partial charge in [0.25, 0.3) is 0 Å². The molecule has 0 bridgehead atoms. The monoisotopic (exact) mass is 277 g/mol. The predicted molar refractivity (Wildman–Crippen MR) is 84.3 cm³/mol. The van der Waals surface area contributed by atoms with Crippen LogP contribution in [0.15, 0.2) is 0 Å². The Kier molecular flexibility index (Phi) is 11.4. The van der Waals surface area contributed by atoms with Crippen molar-refractivity contribution in [1.29, 1.82) is 0 Å². The molecule has 3 heteroatoms. The van der Waals surface area contributed by atoms with Gasteiger partial charge in [-0.15, -0.1) is 0 Å². The molecule has 0 aliphatic rings. The van der Waals surface area contributed by atoms with Crippen LogP contribution in [-0.2, 0) is 9.47 Å². The molecule has 0 aromatic heterocycles. The van der Waals surface area contributed by atoms with E-state index in [9.17, 15) is 0 Å². The minimum Gasteiger partial charge on any atom is -0.349 e. The Labute approximate surface area is 115 Å². The lowest BCUT2D eigenvalue weighted by molar-refractivity contribution is -0.121. The van der Waals surface area contributed by atoms with E-state index in [1.807, 2.05) is 0 Å². The zero-order valence-corrected chi connectivity index (χ0v) is 14.1. The molecule has 110 valence electrons. The van der Waals surface area contributed by atoms with Gasteiger partial charge in [0.15, 0.2) is 6.29 Å². The van der Waals surface area contributed by atoms with Crippen LogP contribution in [0, 0.1) is 0 Å². The van der Waals surface area contributed by atoms with Crippen molar-refractivity contribution < 1.29 is 9.47 Å². The van der Waals surface area contributed by atoms with E-state index in [4.69, 9.17) is 9.47 Å².